The molecule has 7 heteroatoms. The van der Waals surface area contributed by atoms with Gasteiger partial charge in [0.05, 0.1) is 6.61 Å². The highest BCUT2D eigenvalue weighted by atomic mass is 16.5. The zero-order valence-electron chi connectivity index (χ0n) is 16.6. The van der Waals surface area contributed by atoms with E-state index in [4.69, 9.17) is 4.74 Å². The normalized spacial score (nSPS) is 13.5. The molecule has 152 valence electrons. The van der Waals surface area contributed by atoms with Crippen molar-refractivity contribution in [2.75, 3.05) is 29.9 Å². The highest BCUT2D eigenvalue weighted by Crippen LogP contribution is 2.18. The van der Waals surface area contributed by atoms with Crippen molar-refractivity contribution in [3.63, 3.8) is 0 Å². The Morgan fingerprint density at radius 3 is 2.66 bits per heavy atom. The van der Waals surface area contributed by atoms with E-state index in [9.17, 15) is 9.59 Å². The number of nitrogens with one attached hydrogen (secondary N) is 2. The minimum atomic E-state index is -0.377. The summed E-state index contributed by atoms with van der Waals surface area (Å²) < 4.78 is 4.84. The zero-order chi connectivity index (χ0) is 20.5. The fourth-order valence-electron chi connectivity index (χ4n) is 3.08. The number of anilines is 2. The van der Waals surface area contributed by atoms with Crippen LogP contribution in [-0.4, -0.2) is 36.7 Å². The van der Waals surface area contributed by atoms with Gasteiger partial charge in [-0.15, -0.1) is 0 Å². The van der Waals surface area contributed by atoms with Crippen LogP contribution in [0.1, 0.15) is 30.9 Å². The molecule has 3 rings (SSSR count). The summed E-state index contributed by atoms with van der Waals surface area (Å²) in [5.74, 6) is 0.590. The number of urea groups is 1. The largest absolute Gasteiger partial charge is 0.463 e. The van der Waals surface area contributed by atoms with Crippen molar-refractivity contribution in [2.45, 2.75) is 26.3 Å². The van der Waals surface area contributed by atoms with Gasteiger partial charge in [0, 0.05) is 37.6 Å². The lowest BCUT2D eigenvalue weighted by Crippen LogP contribution is -2.28. The van der Waals surface area contributed by atoms with Crippen LogP contribution in [-0.2, 0) is 16.1 Å². The summed E-state index contributed by atoms with van der Waals surface area (Å²) in [6, 6.07) is 10.8. The van der Waals surface area contributed by atoms with Crippen molar-refractivity contribution in [3.8, 4) is 0 Å². The van der Waals surface area contributed by atoms with Crippen LogP contribution in [0, 0.1) is 0 Å². The minimum Gasteiger partial charge on any atom is -0.463 e. The second kappa shape index (κ2) is 10.3. The Kier molecular flexibility index (Phi) is 7.22. The van der Waals surface area contributed by atoms with Gasteiger partial charge in [0.25, 0.3) is 0 Å². The fraction of sp³-hybridized carbons (Fsp3) is 0.318. The van der Waals surface area contributed by atoms with Crippen molar-refractivity contribution in [1.82, 2.24) is 10.3 Å². The molecule has 1 saturated heterocycles. The lowest BCUT2D eigenvalue weighted by atomic mass is 10.2. The lowest BCUT2D eigenvalue weighted by Gasteiger charge is -2.17. The molecule has 7 nitrogen and oxygen atoms in total. The Morgan fingerprint density at radius 2 is 1.93 bits per heavy atom. The van der Waals surface area contributed by atoms with Gasteiger partial charge < -0.3 is 20.3 Å². The molecular formula is C22H26N4O3. The number of rotatable bonds is 7. The minimum absolute atomic E-state index is 0.278. The second-order valence-corrected chi connectivity index (χ2v) is 6.73. The van der Waals surface area contributed by atoms with E-state index >= 15 is 0 Å². The molecule has 1 fully saturated rings. The summed E-state index contributed by atoms with van der Waals surface area (Å²) in [5, 5.41) is 5.66. The van der Waals surface area contributed by atoms with Crippen molar-refractivity contribution in [1.29, 1.82) is 0 Å². The molecule has 0 bridgehead atoms. The summed E-state index contributed by atoms with van der Waals surface area (Å²) in [5.41, 5.74) is 2.52. The van der Waals surface area contributed by atoms with Crippen LogP contribution in [0.5, 0.6) is 0 Å². The van der Waals surface area contributed by atoms with E-state index in [1.54, 1.807) is 31.3 Å². The average Bonchev–Trinajstić information content (AvgIpc) is 3.27. The molecule has 1 aliphatic rings. The van der Waals surface area contributed by atoms with Gasteiger partial charge in [-0.25, -0.2) is 14.6 Å². The van der Waals surface area contributed by atoms with Crippen molar-refractivity contribution in [2.24, 2.45) is 0 Å². The predicted octanol–water partition coefficient (Wildman–Crippen LogP) is 3.58. The molecule has 0 aliphatic carbocycles. The van der Waals surface area contributed by atoms with Crippen LogP contribution in [0.3, 0.4) is 0 Å². The van der Waals surface area contributed by atoms with Gasteiger partial charge in [-0.05, 0) is 61.2 Å². The highest BCUT2D eigenvalue weighted by Gasteiger charge is 2.13. The number of carbonyl (C=O) groups is 2. The number of hydrogen-bond donors (Lipinski definition) is 2. The number of aromatic nitrogens is 1. The maximum atomic E-state index is 12.2. The molecule has 0 radical (unpaired) electrons. The molecule has 29 heavy (non-hydrogen) atoms. The van der Waals surface area contributed by atoms with Gasteiger partial charge in [0.15, 0.2) is 0 Å². The number of amides is 2. The summed E-state index contributed by atoms with van der Waals surface area (Å²) in [4.78, 5) is 30.2. The van der Waals surface area contributed by atoms with Crippen LogP contribution in [0.4, 0.5) is 16.3 Å². The van der Waals surface area contributed by atoms with Gasteiger partial charge in [-0.2, -0.15) is 0 Å². The van der Waals surface area contributed by atoms with E-state index in [1.165, 1.54) is 18.9 Å². The average molecular weight is 394 g/mol. The van der Waals surface area contributed by atoms with Gasteiger partial charge in [0.2, 0.25) is 0 Å². The Bertz CT molecular complexity index is 859. The number of esters is 1. The Balaban J connectivity index is 1.48. The molecule has 1 aromatic carbocycles. The topological polar surface area (TPSA) is 83.6 Å². The number of pyridine rings is 1. The molecule has 2 N–H and O–H groups in total. The maximum Gasteiger partial charge on any atom is 0.330 e. The lowest BCUT2D eigenvalue weighted by molar-refractivity contribution is -0.137. The first-order valence-corrected chi connectivity index (χ1v) is 9.83. The van der Waals surface area contributed by atoms with Crippen molar-refractivity contribution in [3.05, 3.63) is 59.8 Å². The fourth-order valence-corrected chi connectivity index (χ4v) is 3.08. The first-order valence-electron chi connectivity index (χ1n) is 9.83. The Morgan fingerprint density at radius 1 is 1.17 bits per heavy atom. The third-order valence-electron chi connectivity index (χ3n) is 4.56. The predicted molar refractivity (Wildman–Crippen MR) is 114 cm³/mol. The first kappa shape index (κ1) is 20.4. The number of carbonyl (C=O) groups excluding carboxylic acids is 2. The van der Waals surface area contributed by atoms with Crippen LogP contribution in [0.2, 0.25) is 0 Å². The van der Waals surface area contributed by atoms with E-state index in [0.29, 0.717) is 18.8 Å². The smallest absolute Gasteiger partial charge is 0.330 e. The van der Waals surface area contributed by atoms with E-state index in [2.05, 4.69) is 20.5 Å². The third-order valence-corrected chi connectivity index (χ3v) is 4.56. The third kappa shape index (κ3) is 6.34. The quantitative estimate of drug-likeness (QED) is 0.554. The molecule has 0 spiro atoms. The van der Waals surface area contributed by atoms with Crippen molar-refractivity contribution < 1.29 is 14.3 Å². The summed E-state index contributed by atoms with van der Waals surface area (Å²) in [7, 11) is 0. The Hall–Kier alpha value is -3.35. The van der Waals surface area contributed by atoms with Crippen LogP contribution < -0.4 is 15.5 Å². The van der Waals surface area contributed by atoms with Gasteiger partial charge >= 0.3 is 12.0 Å². The summed E-state index contributed by atoms with van der Waals surface area (Å²) in [6.07, 6.45) is 7.23. The van der Waals surface area contributed by atoms with Gasteiger partial charge in [0.1, 0.15) is 5.82 Å². The molecule has 2 aromatic rings. The van der Waals surface area contributed by atoms with Crippen LogP contribution >= 0.6 is 0 Å². The first-order chi connectivity index (χ1) is 14.1. The highest BCUT2D eigenvalue weighted by molar-refractivity contribution is 5.90. The SMILES string of the molecule is CCOC(=O)/C=C\c1ccc(NC(=O)NCc2ccnc(N3CCCC3)c2)cc1. The number of hydrogen-bond acceptors (Lipinski definition) is 5. The van der Waals surface area contributed by atoms with E-state index in [0.717, 1.165) is 30.0 Å². The number of nitrogens with zero attached hydrogens (tertiary/aromatic N) is 2. The molecule has 1 aromatic heterocycles. The number of benzene rings is 1. The summed E-state index contributed by atoms with van der Waals surface area (Å²) >= 11 is 0. The number of ether oxygens (including phenoxy) is 1. The molecule has 0 atom stereocenters. The molecule has 1 aliphatic heterocycles. The monoisotopic (exact) mass is 394 g/mol. The molecule has 2 amide bonds. The second-order valence-electron chi connectivity index (χ2n) is 6.73. The van der Waals surface area contributed by atoms with Crippen LogP contribution in [0.25, 0.3) is 6.08 Å². The van der Waals surface area contributed by atoms with Crippen LogP contribution in [0.15, 0.2) is 48.7 Å². The van der Waals surface area contributed by atoms with Crippen molar-refractivity contribution >= 4 is 29.6 Å². The van der Waals surface area contributed by atoms with Gasteiger partial charge in [-0.1, -0.05) is 12.1 Å². The maximum absolute atomic E-state index is 12.2. The standard InChI is InChI=1S/C22H26N4O3/c1-2-29-21(27)10-7-17-5-8-19(9-6-17)25-22(28)24-16-18-11-12-23-20(15-18)26-13-3-4-14-26/h5-12,15H,2-4,13-14,16H2,1H3,(H2,24,25,28)/b10-7-. The molecule has 2 heterocycles. The molecule has 0 unspecified atom stereocenters. The summed E-state index contributed by atoms with van der Waals surface area (Å²) in [6.45, 7) is 4.61. The Labute approximate surface area is 170 Å². The van der Waals surface area contributed by atoms with E-state index in [-0.39, 0.29) is 12.0 Å². The zero-order valence-corrected chi connectivity index (χ0v) is 16.6. The van der Waals surface area contributed by atoms with Gasteiger partial charge in [-0.3, -0.25) is 0 Å². The van der Waals surface area contributed by atoms with E-state index < -0.39 is 0 Å². The molecular weight excluding hydrogens is 368 g/mol. The van der Waals surface area contributed by atoms with E-state index in [1.807, 2.05) is 24.3 Å². The molecule has 0 saturated carbocycles.